The van der Waals surface area contributed by atoms with Crippen LogP contribution in [0.15, 0.2) is 46.6 Å². The van der Waals surface area contributed by atoms with Gasteiger partial charge in [0.1, 0.15) is 11.3 Å². The predicted octanol–water partition coefficient (Wildman–Crippen LogP) is 1.67. The van der Waals surface area contributed by atoms with E-state index in [4.69, 9.17) is 13.9 Å². The molecule has 120 valence electrons. The molecule has 0 aliphatic carbocycles. The number of rotatable bonds is 2. The first kappa shape index (κ1) is 14.1. The number of ether oxygens (including phenoxy) is 2. The maximum atomic E-state index is 12.6. The van der Waals surface area contributed by atoms with Crippen LogP contribution in [0.4, 0.5) is 10.5 Å². The van der Waals surface area contributed by atoms with Crippen molar-refractivity contribution >= 4 is 29.6 Å². The largest absolute Gasteiger partial charge is 0.465 e. The summed E-state index contributed by atoms with van der Waals surface area (Å²) in [6.45, 7) is 0.0705. The van der Waals surface area contributed by atoms with Crippen molar-refractivity contribution in [3.05, 3.63) is 47.9 Å². The van der Waals surface area contributed by atoms with Crippen LogP contribution in [0.25, 0.3) is 6.08 Å². The van der Waals surface area contributed by atoms with E-state index < -0.39 is 17.8 Å². The lowest BCUT2D eigenvalue weighted by atomic mass is 10.1. The second kappa shape index (κ2) is 5.27. The lowest BCUT2D eigenvalue weighted by molar-refractivity contribution is -0.122. The van der Waals surface area contributed by atoms with Crippen LogP contribution in [0.1, 0.15) is 5.76 Å². The number of hydrogen-bond acceptors (Lipinski definition) is 6. The summed E-state index contributed by atoms with van der Waals surface area (Å²) in [7, 11) is 0. The summed E-state index contributed by atoms with van der Waals surface area (Å²) in [5.41, 5.74) is 0.0572. The van der Waals surface area contributed by atoms with Gasteiger partial charge in [0.2, 0.25) is 6.79 Å². The molecule has 0 unspecified atom stereocenters. The molecule has 0 saturated carbocycles. The number of furan rings is 1. The summed E-state index contributed by atoms with van der Waals surface area (Å²) in [6.07, 6.45) is 2.70. The van der Waals surface area contributed by atoms with Gasteiger partial charge in [0.15, 0.2) is 11.5 Å². The Balaban J connectivity index is 1.73. The summed E-state index contributed by atoms with van der Waals surface area (Å²) in [4.78, 5) is 37.6. The lowest BCUT2D eigenvalue weighted by Gasteiger charge is -2.26. The summed E-state index contributed by atoms with van der Waals surface area (Å²) in [5, 5.41) is 2.13. The van der Waals surface area contributed by atoms with Crippen LogP contribution < -0.4 is 19.7 Å². The van der Waals surface area contributed by atoms with E-state index in [2.05, 4.69) is 5.32 Å². The van der Waals surface area contributed by atoms with Crippen LogP contribution in [0.2, 0.25) is 0 Å². The van der Waals surface area contributed by atoms with Gasteiger partial charge in [-0.1, -0.05) is 0 Å². The van der Waals surface area contributed by atoms with Crippen molar-refractivity contribution in [1.82, 2.24) is 5.32 Å². The number of amides is 4. The Labute approximate surface area is 135 Å². The van der Waals surface area contributed by atoms with E-state index in [1.165, 1.54) is 24.5 Å². The van der Waals surface area contributed by atoms with Crippen LogP contribution in [0, 0.1) is 0 Å². The molecule has 8 nitrogen and oxygen atoms in total. The summed E-state index contributed by atoms with van der Waals surface area (Å²) in [5.74, 6) is -0.265. The van der Waals surface area contributed by atoms with Crippen molar-refractivity contribution in [2.75, 3.05) is 11.7 Å². The highest BCUT2D eigenvalue weighted by atomic mass is 16.7. The fourth-order valence-corrected chi connectivity index (χ4v) is 2.43. The minimum absolute atomic E-state index is 0.0705. The van der Waals surface area contributed by atoms with Gasteiger partial charge >= 0.3 is 6.03 Å². The molecule has 2 aliphatic rings. The van der Waals surface area contributed by atoms with Crippen molar-refractivity contribution in [1.29, 1.82) is 0 Å². The highest BCUT2D eigenvalue weighted by molar-refractivity contribution is 6.39. The Morgan fingerprint density at radius 1 is 1.08 bits per heavy atom. The molecule has 0 atom stereocenters. The molecule has 4 amide bonds. The van der Waals surface area contributed by atoms with Crippen molar-refractivity contribution in [3.63, 3.8) is 0 Å². The van der Waals surface area contributed by atoms with Gasteiger partial charge < -0.3 is 13.9 Å². The Kier molecular flexibility index (Phi) is 3.09. The normalized spacial score (nSPS) is 18.2. The average Bonchev–Trinajstić information content (AvgIpc) is 3.22. The first-order valence-corrected chi connectivity index (χ1v) is 6.98. The number of anilines is 1. The molecule has 8 heteroatoms. The van der Waals surface area contributed by atoms with Gasteiger partial charge in [0.05, 0.1) is 12.0 Å². The second-order valence-electron chi connectivity index (χ2n) is 5.01. The number of carbonyl (C=O) groups is 3. The van der Waals surface area contributed by atoms with Crippen molar-refractivity contribution in [2.45, 2.75) is 0 Å². The van der Waals surface area contributed by atoms with E-state index in [1.54, 1.807) is 18.2 Å². The number of carbonyl (C=O) groups excluding carboxylic acids is 3. The summed E-state index contributed by atoms with van der Waals surface area (Å²) in [6, 6.07) is 7.00. The van der Waals surface area contributed by atoms with Gasteiger partial charge in [-0.15, -0.1) is 0 Å². The Hall–Kier alpha value is -3.55. The van der Waals surface area contributed by atoms with E-state index in [-0.39, 0.29) is 18.1 Å². The van der Waals surface area contributed by atoms with Crippen LogP contribution in [-0.4, -0.2) is 24.6 Å². The number of fused-ring (bicyclic) bond motifs is 1. The number of benzene rings is 1. The SMILES string of the molecule is O=C1NC(=O)N(c2ccc3c(c2)OCO3)C(=O)/C1=C/c1ccco1. The molecule has 1 fully saturated rings. The minimum Gasteiger partial charge on any atom is -0.465 e. The standard InChI is InChI=1S/C16H10N2O6/c19-14-11(7-10-2-1-5-22-10)15(20)18(16(21)17-14)9-3-4-12-13(6-9)24-8-23-12/h1-7H,8H2,(H,17,19,21)/b11-7+. The first-order chi connectivity index (χ1) is 11.6. The van der Waals surface area contributed by atoms with Gasteiger partial charge in [-0.3, -0.25) is 14.9 Å². The first-order valence-electron chi connectivity index (χ1n) is 6.98. The van der Waals surface area contributed by atoms with E-state index in [0.29, 0.717) is 17.3 Å². The number of nitrogens with one attached hydrogen (secondary N) is 1. The number of hydrogen-bond donors (Lipinski definition) is 1. The number of imide groups is 2. The highest BCUT2D eigenvalue weighted by Crippen LogP contribution is 2.36. The Bertz CT molecular complexity index is 884. The molecule has 3 heterocycles. The Morgan fingerprint density at radius 2 is 1.92 bits per heavy atom. The summed E-state index contributed by atoms with van der Waals surface area (Å²) < 4.78 is 15.6. The zero-order valence-corrected chi connectivity index (χ0v) is 12.1. The third-order valence-electron chi connectivity index (χ3n) is 3.55. The van der Waals surface area contributed by atoms with E-state index >= 15 is 0 Å². The molecule has 2 aliphatic heterocycles. The third-order valence-corrected chi connectivity index (χ3v) is 3.55. The molecule has 1 aromatic carbocycles. The molecule has 1 N–H and O–H groups in total. The van der Waals surface area contributed by atoms with Gasteiger partial charge in [-0.05, 0) is 30.3 Å². The topological polar surface area (TPSA) is 98.1 Å². The maximum Gasteiger partial charge on any atom is 0.335 e. The molecule has 0 bridgehead atoms. The van der Waals surface area contributed by atoms with Crippen LogP contribution in [0.3, 0.4) is 0 Å². The smallest absolute Gasteiger partial charge is 0.335 e. The number of nitrogens with zero attached hydrogens (tertiary/aromatic N) is 1. The average molecular weight is 326 g/mol. The van der Waals surface area contributed by atoms with Crippen LogP contribution >= 0.6 is 0 Å². The molecule has 2 aromatic rings. The van der Waals surface area contributed by atoms with Crippen molar-refractivity contribution < 1.29 is 28.3 Å². The van der Waals surface area contributed by atoms with Gasteiger partial charge in [-0.25, -0.2) is 9.69 Å². The van der Waals surface area contributed by atoms with Crippen molar-refractivity contribution in [2.24, 2.45) is 0 Å². The number of urea groups is 1. The fourth-order valence-electron chi connectivity index (χ4n) is 2.43. The maximum absolute atomic E-state index is 12.6. The molecule has 4 rings (SSSR count). The Morgan fingerprint density at radius 3 is 2.71 bits per heavy atom. The molecule has 1 saturated heterocycles. The van der Waals surface area contributed by atoms with E-state index in [1.807, 2.05) is 0 Å². The van der Waals surface area contributed by atoms with E-state index in [9.17, 15) is 14.4 Å². The molecule has 0 radical (unpaired) electrons. The molecular weight excluding hydrogens is 316 g/mol. The lowest BCUT2D eigenvalue weighted by Crippen LogP contribution is -2.54. The quantitative estimate of drug-likeness (QED) is 0.666. The van der Waals surface area contributed by atoms with E-state index in [0.717, 1.165) is 4.90 Å². The predicted molar refractivity (Wildman–Crippen MR) is 80.3 cm³/mol. The molecule has 0 spiro atoms. The summed E-state index contributed by atoms with van der Waals surface area (Å²) >= 11 is 0. The van der Waals surface area contributed by atoms with Gasteiger partial charge in [-0.2, -0.15) is 0 Å². The zero-order valence-electron chi connectivity index (χ0n) is 12.1. The fraction of sp³-hybridized carbons (Fsp3) is 0.0625. The number of barbiturate groups is 1. The van der Waals surface area contributed by atoms with Crippen molar-refractivity contribution in [3.8, 4) is 11.5 Å². The van der Waals surface area contributed by atoms with Crippen LogP contribution in [-0.2, 0) is 9.59 Å². The monoisotopic (exact) mass is 326 g/mol. The molecule has 1 aromatic heterocycles. The molecule has 24 heavy (non-hydrogen) atoms. The van der Waals surface area contributed by atoms with Crippen LogP contribution in [0.5, 0.6) is 11.5 Å². The highest BCUT2D eigenvalue weighted by Gasteiger charge is 2.37. The molecular formula is C16H10N2O6. The minimum atomic E-state index is -0.833. The van der Waals surface area contributed by atoms with Gasteiger partial charge in [0.25, 0.3) is 11.8 Å². The van der Waals surface area contributed by atoms with Gasteiger partial charge in [0, 0.05) is 6.07 Å². The second-order valence-corrected chi connectivity index (χ2v) is 5.01. The zero-order chi connectivity index (χ0) is 16.7. The third kappa shape index (κ3) is 2.21.